The lowest BCUT2D eigenvalue weighted by Gasteiger charge is -2.51. The van der Waals surface area contributed by atoms with E-state index >= 15 is 0 Å². The minimum Gasteiger partial charge on any atom is -0.409 e. The van der Waals surface area contributed by atoms with Crippen LogP contribution < -0.4 is 0 Å². The number of hydrogen-bond donors (Lipinski definition) is 0. The van der Waals surface area contributed by atoms with Crippen molar-refractivity contribution in [3.63, 3.8) is 0 Å². The number of rotatable bonds is 6. The van der Waals surface area contributed by atoms with E-state index < -0.39 is 29.2 Å². The Bertz CT molecular complexity index is 630. The van der Waals surface area contributed by atoms with Gasteiger partial charge in [0, 0.05) is 12.7 Å². The van der Waals surface area contributed by atoms with Crippen LogP contribution >= 0.6 is 0 Å². The van der Waals surface area contributed by atoms with Gasteiger partial charge in [0.05, 0.1) is 6.61 Å². The van der Waals surface area contributed by atoms with Crippen molar-refractivity contribution in [3.05, 3.63) is 35.9 Å². The van der Waals surface area contributed by atoms with E-state index in [9.17, 15) is 0 Å². The lowest BCUT2D eigenvalue weighted by molar-refractivity contribution is -0.353. The fraction of sp³-hybridized carbons (Fsp3) is 0.700. The maximum atomic E-state index is 6.62. The van der Waals surface area contributed by atoms with Gasteiger partial charge >= 0.3 is 0 Å². The Hall–Kier alpha value is -0.586. The fourth-order valence-electron chi connectivity index (χ4n) is 3.59. The summed E-state index contributed by atoms with van der Waals surface area (Å²) in [5, 5.41) is 0. The van der Waals surface area contributed by atoms with E-state index in [1.54, 1.807) is 7.11 Å². The number of methoxy groups -OCH3 is 1. The Labute approximate surface area is 170 Å². The smallest absolute Gasteiger partial charge is 0.185 e. The monoisotopic (exact) mass is 426 g/mol. The highest BCUT2D eigenvalue weighted by molar-refractivity contribution is 6.70. The van der Waals surface area contributed by atoms with E-state index in [1.165, 1.54) is 0 Å². The third-order valence-corrected chi connectivity index (χ3v) is 6.53. The molecule has 2 fully saturated rings. The van der Waals surface area contributed by atoms with Gasteiger partial charge in [-0.1, -0.05) is 30.3 Å². The average molecular weight is 427 g/mol. The molecule has 28 heavy (non-hydrogen) atoms. The van der Waals surface area contributed by atoms with Gasteiger partial charge in [-0.15, -0.1) is 0 Å². The first-order chi connectivity index (χ1) is 13.1. The van der Waals surface area contributed by atoms with Crippen molar-refractivity contribution in [1.29, 1.82) is 0 Å². The van der Waals surface area contributed by atoms with Crippen molar-refractivity contribution in [1.82, 2.24) is 0 Å². The molecule has 1 aromatic carbocycles. The van der Waals surface area contributed by atoms with Crippen LogP contribution in [-0.2, 0) is 27.8 Å². The van der Waals surface area contributed by atoms with Crippen LogP contribution in [0.2, 0.25) is 39.3 Å². The maximum absolute atomic E-state index is 6.62. The molecule has 2 saturated heterocycles. The number of ether oxygens (including phenoxy) is 4. The van der Waals surface area contributed by atoms with Crippen molar-refractivity contribution >= 4 is 16.6 Å². The molecule has 6 nitrogen and oxygen atoms in total. The highest BCUT2D eigenvalue weighted by atomic mass is 28.4. The Kier molecular flexibility index (Phi) is 6.83. The van der Waals surface area contributed by atoms with Crippen LogP contribution in [0.1, 0.15) is 11.9 Å². The Morgan fingerprint density at radius 2 is 1.46 bits per heavy atom. The quantitative estimate of drug-likeness (QED) is 0.643. The molecule has 1 aromatic rings. The second-order valence-corrected chi connectivity index (χ2v) is 18.3. The first kappa shape index (κ1) is 22.1. The van der Waals surface area contributed by atoms with Gasteiger partial charge in [0.1, 0.15) is 24.4 Å². The van der Waals surface area contributed by atoms with Crippen LogP contribution in [0.4, 0.5) is 0 Å². The van der Waals surface area contributed by atoms with Crippen molar-refractivity contribution in [2.24, 2.45) is 0 Å². The molecule has 0 bridgehead atoms. The molecule has 0 aromatic heterocycles. The number of benzene rings is 1. The first-order valence-electron chi connectivity index (χ1n) is 9.93. The minimum absolute atomic E-state index is 0.257. The van der Waals surface area contributed by atoms with Crippen LogP contribution in [0.5, 0.6) is 0 Å². The summed E-state index contributed by atoms with van der Waals surface area (Å²) in [4.78, 5) is 0. The first-order valence-corrected chi connectivity index (χ1v) is 16.7. The molecule has 0 spiro atoms. The van der Waals surface area contributed by atoms with E-state index in [-0.39, 0.29) is 24.4 Å². The molecule has 0 N–H and O–H groups in total. The summed E-state index contributed by atoms with van der Waals surface area (Å²) in [6.07, 6.45) is -2.08. The lowest BCUT2D eigenvalue weighted by atomic mass is 9.98. The zero-order valence-electron chi connectivity index (χ0n) is 18.0. The molecule has 0 saturated carbocycles. The molecular weight excluding hydrogens is 392 g/mol. The number of fused-ring (bicyclic) bond motifs is 1. The van der Waals surface area contributed by atoms with E-state index in [4.69, 9.17) is 27.8 Å². The van der Waals surface area contributed by atoms with Crippen LogP contribution in [-0.4, -0.2) is 61.1 Å². The molecule has 4 unspecified atom stereocenters. The summed E-state index contributed by atoms with van der Waals surface area (Å²) < 4.78 is 37.3. The molecule has 0 amide bonds. The highest BCUT2D eigenvalue weighted by Gasteiger charge is 2.53. The van der Waals surface area contributed by atoms with Crippen LogP contribution in [0.3, 0.4) is 0 Å². The highest BCUT2D eigenvalue weighted by Crippen LogP contribution is 2.38. The predicted molar refractivity (Wildman–Crippen MR) is 112 cm³/mol. The SMILES string of the molecule is CO[C@H]1OC2COC(c3ccccc3)O[C@H]2C(O[Si](C)(C)C)C1O[Si](C)(C)C. The third kappa shape index (κ3) is 5.51. The molecule has 0 radical (unpaired) electrons. The normalized spacial score (nSPS) is 34.1. The Morgan fingerprint density at radius 1 is 0.857 bits per heavy atom. The van der Waals surface area contributed by atoms with Crippen LogP contribution in [0.25, 0.3) is 0 Å². The third-order valence-electron chi connectivity index (χ3n) is 4.57. The minimum atomic E-state index is -1.88. The van der Waals surface area contributed by atoms with Gasteiger partial charge in [0.25, 0.3) is 0 Å². The molecule has 8 heteroatoms. The zero-order valence-corrected chi connectivity index (χ0v) is 20.0. The summed E-state index contributed by atoms with van der Waals surface area (Å²) in [7, 11) is -2.10. The van der Waals surface area contributed by atoms with E-state index in [2.05, 4.69) is 39.3 Å². The van der Waals surface area contributed by atoms with E-state index in [1.807, 2.05) is 30.3 Å². The molecule has 3 rings (SSSR count). The molecule has 2 aliphatic heterocycles. The molecule has 2 aliphatic rings. The van der Waals surface area contributed by atoms with Gasteiger partial charge in [-0.2, -0.15) is 0 Å². The topological polar surface area (TPSA) is 55.4 Å². The second kappa shape index (κ2) is 8.65. The van der Waals surface area contributed by atoms with Crippen LogP contribution in [0.15, 0.2) is 30.3 Å². The maximum Gasteiger partial charge on any atom is 0.185 e. The summed E-state index contributed by atoms with van der Waals surface area (Å²) in [5.74, 6) is 0. The zero-order chi connectivity index (χ0) is 20.5. The van der Waals surface area contributed by atoms with Crippen molar-refractivity contribution in [2.45, 2.75) is 76.3 Å². The van der Waals surface area contributed by atoms with Gasteiger partial charge < -0.3 is 27.8 Å². The summed E-state index contributed by atoms with van der Waals surface area (Å²) in [5.41, 5.74) is 0.990. The average Bonchev–Trinajstić information content (AvgIpc) is 2.61. The van der Waals surface area contributed by atoms with Crippen molar-refractivity contribution in [2.75, 3.05) is 13.7 Å². The van der Waals surface area contributed by atoms with Gasteiger partial charge in [0.2, 0.25) is 0 Å². The predicted octanol–water partition coefficient (Wildman–Crippen LogP) is 3.91. The fourth-order valence-corrected chi connectivity index (χ4v) is 5.74. The van der Waals surface area contributed by atoms with Gasteiger partial charge in [-0.25, -0.2) is 0 Å². The molecule has 0 aliphatic carbocycles. The van der Waals surface area contributed by atoms with E-state index in [0.717, 1.165) is 5.56 Å². The molecular formula is C20H34O6Si2. The van der Waals surface area contributed by atoms with E-state index in [0.29, 0.717) is 6.61 Å². The second-order valence-electron chi connectivity index (χ2n) is 9.34. The van der Waals surface area contributed by atoms with Gasteiger partial charge in [0.15, 0.2) is 29.2 Å². The largest absolute Gasteiger partial charge is 0.409 e. The van der Waals surface area contributed by atoms with Gasteiger partial charge in [-0.05, 0) is 39.3 Å². The summed E-state index contributed by atoms with van der Waals surface area (Å²) >= 11 is 0. The standard InChI is InChI=1S/C20H34O6Si2/c1-21-20-18(26-28(5,6)7)17(25-27(2,3)4)16-15(23-20)13-22-19(24-16)14-11-9-8-10-12-14/h8-12,15-20H,13H2,1-7H3/t15?,16-,17?,18?,19?,20+/m1/s1. The Balaban J connectivity index is 1.89. The van der Waals surface area contributed by atoms with Crippen molar-refractivity contribution < 1.29 is 27.8 Å². The van der Waals surface area contributed by atoms with Crippen molar-refractivity contribution in [3.8, 4) is 0 Å². The molecule has 6 atom stereocenters. The summed E-state index contributed by atoms with van der Waals surface area (Å²) in [6.45, 7) is 13.4. The Morgan fingerprint density at radius 3 is 2.04 bits per heavy atom. The molecule has 158 valence electrons. The lowest BCUT2D eigenvalue weighted by Crippen LogP contribution is -2.66. The summed E-state index contributed by atoms with van der Waals surface area (Å²) in [6, 6.07) is 9.98. The molecule has 2 heterocycles. The van der Waals surface area contributed by atoms with Gasteiger partial charge in [-0.3, -0.25) is 0 Å². The number of hydrogen-bond acceptors (Lipinski definition) is 6. The van der Waals surface area contributed by atoms with Crippen LogP contribution in [0, 0.1) is 0 Å².